The second kappa shape index (κ2) is 9.65. The number of nitrogens with zero attached hydrogens (tertiary/aromatic N) is 2. The number of rotatable bonds is 5. The Kier molecular flexibility index (Phi) is 6.88. The molecule has 32 heavy (non-hydrogen) atoms. The van der Waals surface area contributed by atoms with Crippen LogP contribution in [0.1, 0.15) is 58.8 Å². The Hall–Kier alpha value is -2.35. The van der Waals surface area contributed by atoms with Crippen molar-refractivity contribution in [1.29, 1.82) is 0 Å². The van der Waals surface area contributed by atoms with E-state index in [0.717, 1.165) is 32.1 Å². The van der Waals surface area contributed by atoms with E-state index in [4.69, 9.17) is 4.74 Å². The fourth-order valence-corrected chi connectivity index (χ4v) is 5.20. The Morgan fingerprint density at radius 3 is 2.62 bits per heavy atom. The molecule has 0 aliphatic carbocycles. The first-order valence-electron chi connectivity index (χ1n) is 11.9. The summed E-state index contributed by atoms with van der Waals surface area (Å²) in [6, 6.07) is 4.86. The molecule has 4 rings (SSSR count). The summed E-state index contributed by atoms with van der Waals surface area (Å²) in [6.07, 6.45) is 4.40. The zero-order valence-corrected chi connectivity index (χ0v) is 18.9. The van der Waals surface area contributed by atoms with Crippen molar-refractivity contribution in [2.75, 3.05) is 23.3 Å². The van der Waals surface area contributed by atoms with Gasteiger partial charge in [0.05, 0.1) is 18.3 Å². The van der Waals surface area contributed by atoms with Gasteiger partial charge >= 0.3 is 6.09 Å². The highest BCUT2D eigenvalue weighted by Gasteiger charge is 2.44. The number of ether oxygens (including phenoxy) is 1. The lowest BCUT2D eigenvalue weighted by Gasteiger charge is -2.39. The molecule has 0 saturated carbocycles. The van der Waals surface area contributed by atoms with Gasteiger partial charge in [0.25, 0.3) is 0 Å². The van der Waals surface area contributed by atoms with Crippen molar-refractivity contribution in [3.05, 3.63) is 24.0 Å². The third-order valence-electron chi connectivity index (χ3n) is 7.18. The Labute approximate surface area is 188 Å². The van der Waals surface area contributed by atoms with Crippen molar-refractivity contribution >= 4 is 23.4 Å². The van der Waals surface area contributed by atoms with E-state index in [9.17, 15) is 19.1 Å². The number of aliphatic hydroxyl groups excluding tert-OH is 1. The largest absolute Gasteiger partial charge is 0.444 e. The quantitative estimate of drug-likeness (QED) is 0.715. The van der Waals surface area contributed by atoms with Crippen LogP contribution in [0, 0.1) is 11.7 Å². The van der Waals surface area contributed by atoms with E-state index in [0.29, 0.717) is 37.3 Å². The van der Waals surface area contributed by atoms with Gasteiger partial charge in [-0.05, 0) is 63.1 Å². The average molecular weight is 448 g/mol. The average Bonchev–Trinajstić information content (AvgIpc) is 3.04. The Bertz CT molecular complexity index is 837. The van der Waals surface area contributed by atoms with Crippen molar-refractivity contribution in [2.24, 2.45) is 5.92 Å². The van der Waals surface area contributed by atoms with Gasteiger partial charge in [-0.15, -0.1) is 0 Å². The molecule has 2 N–H and O–H groups in total. The predicted molar refractivity (Wildman–Crippen MR) is 120 cm³/mol. The maximum Gasteiger partial charge on any atom is 0.410 e. The van der Waals surface area contributed by atoms with Crippen molar-refractivity contribution in [3.63, 3.8) is 0 Å². The van der Waals surface area contributed by atoms with Crippen LogP contribution < -0.4 is 10.2 Å². The molecule has 3 aliphatic heterocycles. The van der Waals surface area contributed by atoms with Gasteiger partial charge in [0.1, 0.15) is 11.9 Å². The number of halogens is 1. The number of nitrogens with one attached hydrogen (secondary N) is 1. The van der Waals surface area contributed by atoms with Crippen molar-refractivity contribution in [3.8, 4) is 0 Å². The highest BCUT2D eigenvalue weighted by atomic mass is 19.1. The van der Waals surface area contributed by atoms with E-state index in [-0.39, 0.29) is 42.2 Å². The topological polar surface area (TPSA) is 82.1 Å². The number of anilines is 2. The van der Waals surface area contributed by atoms with Crippen LogP contribution in [0.4, 0.5) is 20.6 Å². The summed E-state index contributed by atoms with van der Waals surface area (Å²) in [7, 11) is 0. The van der Waals surface area contributed by atoms with Crippen LogP contribution in [0.15, 0.2) is 18.2 Å². The molecule has 176 valence electrons. The van der Waals surface area contributed by atoms with Crippen LogP contribution >= 0.6 is 0 Å². The zero-order chi connectivity index (χ0) is 22.8. The summed E-state index contributed by atoms with van der Waals surface area (Å²) >= 11 is 0. The zero-order valence-electron chi connectivity index (χ0n) is 18.9. The van der Waals surface area contributed by atoms with Gasteiger partial charge in [-0.25, -0.2) is 9.18 Å². The smallest absolute Gasteiger partial charge is 0.410 e. The van der Waals surface area contributed by atoms with Crippen LogP contribution in [0.25, 0.3) is 0 Å². The summed E-state index contributed by atoms with van der Waals surface area (Å²) < 4.78 is 20.7. The summed E-state index contributed by atoms with van der Waals surface area (Å²) in [5.41, 5.74) is 0.896. The summed E-state index contributed by atoms with van der Waals surface area (Å²) in [5.74, 6) is -0.653. The molecule has 3 aliphatic rings. The highest BCUT2D eigenvalue weighted by molar-refractivity contribution is 5.92. The fraction of sp³-hybridized carbons (Fsp3) is 0.667. The maximum atomic E-state index is 14.9. The minimum Gasteiger partial charge on any atom is -0.444 e. The molecule has 7 nitrogen and oxygen atoms in total. The second-order valence-corrected chi connectivity index (χ2v) is 9.48. The number of piperidine rings is 2. The lowest BCUT2D eigenvalue weighted by molar-refractivity contribution is -0.119. The molecule has 3 heterocycles. The van der Waals surface area contributed by atoms with Crippen LogP contribution in [0.3, 0.4) is 0 Å². The van der Waals surface area contributed by atoms with E-state index < -0.39 is 5.82 Å². The number of carbonyl (C=O) groups excluding carboxylic acids is 2. The van der Waals surface area contributed by atoms with Crippen LogP contribution in [-0.2, 0) is 9.53 Å². The standard InChI is InChI=1S/C24H34FN3O4/c1-3-15(2)23(30)26-16-6-9-22(21(25)11-16)27-10-4-5-20(14-27)32-24(31)28-17-7-8-18(28)13-19(29)12-17/h6,9,11,15,17-20,29H,3-5,7-8,10,12-14H2,1-2H3,(H,26,30). The van der Waals surface area contributed by atoms with E-state index in [1.807, 2.05) is 23.6 Å². The fourth-order valence-electron chi connectivity index (χ4n) is 5.20. The van der Waals surface area contributed by atoms with Gasteiger partial charge in [0.2, 0.25) is 5.91 Å². The molecule has 2 amide bonds. The lowest BCUT2D eigenvalue weighted by Crippen LogP contribution is -2.50. The first-order chi connectivity index (χ1) is 15.4. The molecule has 1 aromatic carbocycles. The Balaban J connectivity index is 1.37. The number of hydrogen-bond donors (Lipinski definition) is 2. The molecule has 2 bridgehead atoms. The normalized spacial score (nSPS) is 28.4. The molecule has 0 spiro atoms. The number of aliphatic hydroxyl groups is 1. The van der Waals surface area contributed by atoms with Gasteiger partial charge < -0.3 is 25.0 Å². The predicted octanol–water partition coefficient (Wildman–Crippen LogP) is 3.90. The van der Waals surface area contributed by atoms with Gasteiger partial charge in [-0.1, -0.05) is 13.8 Å². The van der Waals surface area contributed by atoms with Crippen LogP contribution in [-0.4, -0.2) is 59.4 Å². The molecule has 1 aromatic rings. The highest BCUT2D eigenvalue weighted by Crippen LogP contribution is 2.36. The lowest BCUT2D eigenvalue weighted by atomic mass is 10.0. The number of hydrogen-bond acceptors (Lipinski definition) is 5. The molecule has 3 fully saturated rings. The van der Waals surface area contributed by atoms with Crippen molar-refractivity contribution < 1.29 is 23.8 Å². The van der Waals surface area contributed by atoms with Gasteiger partial charge in [0.15, 0.2) is 0 Å². The van der Waals surface area contributed by atoms with E-state index >= 15 is 0 Å². The molecule has 4 unspecified atom stereocenters. The SMILES string of the molecule is CCC(C)C(=O)Nc1ccc(N2CCCC(OC(=O)N3C4CCC3CC(O)C4)C2)c(F)c1. The minimum absolute atomic E-state index is 0.0616. The minimum atomic E-state index is -0.401. The number of carbonyl (C=O) groups is 2. The number of fused-ring (bicyclic) bond motifs is 2. The molecule has 0 radical (unpaired) electrons. The molecule has 3 saturated heterocycles. The van der Waals surface area contributed by atoms with Gasteiger partial charge in [-0.2, -0.15) is 0 Å². The Morgan fingerprint density at radius 2 is 1.97 bits per heavy atom. The molecule has 0 aromatic heterocycles. The maximum absolute atomic E-state index is 14.9. The third-order valence-corrected chi connectivity index (χ3v) is 7.18. The molecule has 4 atom stereocenters. The first kappa shape index (κ1) is 22.8. The molecule has 8 heteroatoms. The van der Waals surface area contributed by atoms with Crippen molar-refractivity contribution in [2.45, 2.75) is 83.1 Å². The van der Waals surface area contributed by atoms with Gasteiger partial charge in [-0.3, -0.25) is 4.79 Å². The first-order valence-corrected chi connectivity index (χ1v) is 11.9. The van der Waals surface area contributed by atoms with Crippen molar-refractivity contribution in [1.82, 2.24) is 4.90 Å². The second-order valence-electron chi connectivity index (χ2n) is 9.48. The number of amides is 2. The van der Waals surface area contributed by atoms with Crippen LogP contribution in [0.5, 0.6) is 0 Å². The summed E-state index contributed by atoms with van der Waals surface area (Å²) in [4.78, 5) is 28.7. The van der Waals surface area contributed by atoms with E-state index in [1.165, 1.54) is 6.07 Å². The summed E-state index contributed by atoms with van der Waals surface area (Å²) in [6.45, 7) is 4.90. The monoisotopic (exact) mass is 447 g/mol. The van der Waals surface area contributed by atoms with E-state index in [2.05, 4.69) is 5.32 Å². The summed E-state index contributed by atoms with van der Waals surface area (Å²) in [5, 5.41) is 12.7. The third kappa shape index (κ3) is 4.85. The van der Waals surface area contributed by atoms with E-state index in [1.54, 1.807) is 12.1 Å². The Morgan fingerprint density at radius 1 is 1.25 bits per heavy atom. The van der Waals surface area contributed by atoms with Gasteiger partial charge in [0, 0.05) is 30.2 Å². The molecular weight excluding hydrogens is 413 g/mol. The molecular formula is C24H34FN3O4. The van der Waals surface area contributed by atoms with Crippen LogP contribution in [0.2, 0.25) is 0 Å². The number of benzene rings is 1.